The Bertz CT molecular complexity index is 634. The summed E-state index contributed by atoms with van der Waals surface area (Å²) in [6.07, 6.45) is 4.58. The largest absolute Gasteiger partial charge is 0.354 e. The van der Waals surface area contributed by atoms with E-state index in [9.17, 15) is 4.79 Å². The molecule has 0 aromatic carbocycles. The highest BCUT2D eigenvalue weighted by Gasteiger charge is 2.24. The number of carbonyl (C=O) groups excluding carboxylic acids is 1. The number of rotatable bonds is 4. The lowest BCUT2D eigenvalue weighted by Crippen LogP contribution is -2.39. The van der Waals surface area contributed by atoms with Gasteiger partial charge in [-0.1, -0.05) is 17.8 Å². The SMILES string of the molecule is CSc1nsc(NC(=O)N[C@H]2CCN(c3ccccn3)C2)n1. The monoisotopic (exact) mass is 336 g/mol. The summed E-state index contributed by atoms with van der Waals surface area (Å²) < 4.78 is 4.11. The van der Waals surface area contributed by atoms with Crippen LogP contribution in [0, 0.1) is 0 Å². The second-order valence-electron chi connectivity index (χ2n) is 4.80. The van der Waals surface area contributed by atoms with Gasteiger partial charge in [-0.25, -0.2) is 9.78 Å². The zero-order valence-corrected chi connectivity index (χ0v) is 13.7. The fourth-order valence-electron chi connectivity index (χ4n) is 2.29. The molecule has 3 heterocycles. The van der Waals surface area contributed by atoms with E-state index in [1.807, 2.05) is 24.5 Å². The summed E-state index contributed by atoms with van der Waals surface area (Å²) in [5.74, 6) is 0.945. The summed E-state index contributed by atoms with van der Waals surface area (Å²) in [6.45, 7) is 1.65. The molecule has 1 atom stereocenters. The van der Waals surface area contributed by atoms with Crippen molar-refractivity contribution in [1.82, 2.24) is 19.7 Å². The Hall–Kier alpha value is -1.87. The van der Waals surface area contributed by atoms with Crippen LogP contribution >= 0.6 is 23.3 Å². The molecule has 116 valence electrons. The smallest absolute Gasteiger partial charge is 0.321 e. The zero-order valence-electron chi connectivity index (χ0n) is 12.0. The van der Waals surface area contributed by atoms with E-state index in [1.54, 1.807) is 6.20 Å². The first-order chi connectivity index (χ1) is 10.7. The first-order valence-electron chi connectivity index (χ1n) is 6.86. The van der Waals surface area contributed by atoms with Gasteiger partial charge in [-0.3, -0.25) is 5.32 Å². The molecule has 7 nitrogen and oxygen atoms in total. The van der Waals surface area contributed by atoms with E-state index < -0.39 is 0 Å². The molecular weight excluding hydrogens is 320 g/mol. The van der Waals surface area contributed by atoms with E-state index in [4.69, 9.17) is 0 Å². The highest BCUT2D eigenvalue weighted by atomic mass is 32.2. The molecule has 0 spiro atoms. The summed E-state index contributed by atoms with van der Waals surface area (Å²) in [5, 5.41) is 6.88. The van der Waals surface area contributed by atoms with Gasteiger partial charge in [0.05, 0.1) is 0 Å². The molecule has 2 aromatic heterocycles. The standard InChI is InChI=1S/C13H16N6OS2/c1-21-13-17-12(22-18-13)16-11(20)15-9-5-7-19(8-9)10-4-2-3-6-14-10/h2-4,6,9H,5,7-8H2,1H3,(H2,15,16,17,18,20)/t9-/m0/s1. The Balaban J connectivity index is 1.50. The van der Waals surface area contributed by atoms with Gasteiger partial charge in [-0.2, -0.15) is 9.36 Å². The van der Waals surface area contributed by atoms with Crippen molar-refractivity contribution in [2.45, 2.75) is 17.6 Å². The second kappa shape index (κ2) is 6.93. The normalized spacial score (nSPS) is 17.5. The molecule has 3 rings (SSSR count). The number of hydrogen-bond donors (Lipinski definition) is 2. The second-order valence-corrected chi connectivity index (χ2v) is 6.33. The summed E-state index contributed by atoms with van der Waals surface area (Å²) in [7, 11) is 0. The minimum atomic E-state index is -0.239. The number of anilines is 2. The fraction of sp³-hybridized carbons (Fsp3) is 0.385. The number of urea groups is 1. The van der Waals surface area contributed by atoms with Crippen LogP contribution in [0.15, 0.2) is 29.6 Å². The third-order valence-electron chi connectivity index (χ3n) is 3.31. The minimum absolute atomic E-state index is 0.106. The molecule has 22 heavy (non-hydrogen) atoms. The van der Waals surface area contributed by atoms with Crippen LogP contribution in [0.2, 0.25) is 0 Å². The van der Waals surface area contributed by atoms with Gasteiger partial charge in [0, 0.05) is 36.9 Å². The van der Waals surface area contributed by atoms with Crippen LogP contribution in [-0.2, 0) is 0 Å². The lowest BCUT2D eigenvalue weighted by Gasteiger charge is -2.17. The maximum Gasteiger partial charge on any atom is 0.321 e. The number of hydrogen-bond acceptors (Lipinski definition) is 7. The lowest BCUT2D eigenvalue weighted by atomic mass is 10.3. The Morgan fingerprint density at radius 3 is 3.14 bits per heavy atom. The molecular formula is C13H16N6OS2. The van der Waals surface area contributed by atoms with E-state index in [2.05, 4.69) is 29.9 Å². The van der Waals surface area contributed by atoms with Crippen LogP contribution in [-0.4, -0.2) is 45.8 Å². The molecule has 0 saturated carbocycles. The Labute approximate surface area is 136 Å². The van der Waals surface area contributed by atoms with Crippen LogP contribution in [0.5, 0.6) is 0 Å². The average Bonchev–Trinajstić information content (AvgIpc) is 3.17. The molecule has 0 unspecified atom stereocenters. The van der Waals surface area contributed by atoms with Gasteiger partial charge in [0.1, 0.15) is 5.82 Å². The summed E-state index contributed by atoms with van der Waals surface area (Å²) in [4.78, 5) is 22.7. The molecule has 2 amide bonds. The van der Waals surface area contributed by atoms with E-state index in [0.29, 0.717) is 10.3 Å². The number of amides is 2. The van der Waals surface area contributed by atoms with Crippen LogP contribution in [0.3, 0.4) is 0 Å². The molecule has 1 saturated heterocycles. The summed E-state index contributed by atoms with van der Waals surface area (Å²) in [6, 6.07) is 5.71. The topological polar surface area (TPSA) is 83.0 Å². The van der Waals surface area contributed by atoms with Gasteiger partial charge < -0.3 is 10.2 Å². The van der Waals surface area contributed by atoms with Gasteiger partial charge in [0.15, 0.2) is 0 Å². The molecule has 2 aromatic rings. The highest BCUT2D eigenvalue weighted by Crippen LogP contribution is 2.19. The van der Waals surface area contributed by atoms with Crippen molar-refractivity contribution in [2.75, 3.05) is 29.6 Å². The molecule has 0 bridgehead atoms. The van der Waals surface area contributed by atoms with E-state index in [1.165, 1.54) is 23.3 Å². The van der Waals surface area contributed by atoms with Gasteiger partial charge >= 0.3 is 6.03 Å². The molecule has 1 aliphatic heterocycles. The van der Waals surface area contributed by atoms with E-state index in [-0.39, 0.29) is 12.1 Å². The maximum absolute atomic E-state index is 12.0. The first-order valence-corrected chi connectivity index (χ1v) is 8.85. The van der Waals surface area contributed by atoms with Crippen molar-refractivity contribution in [3.63, 3.8) is 0 Å². The number of aromatic nitrogens is 3. The van der Waals surface area contributed by atoms with Gasteiger partial charge in [0.25, 0.3) is 0 Å². The van der Waals surface area contributed by atoms with Crippen molar-refractivity contribution in [3.8, 4) is 0 Å². The fourth-order valence-corrected chi connectivity index (χ4v) is 3.41. The first kappa shape index (κ1) is 15.0. The number of thioether (sulfide) groups is 1. The predicted octanol–water partition coefficient (Wildman–Crippen LogP) is 2.06. The predicted molar refractivity (Wildman–Crippen MR) is 88.7 cm³/mol. The van der Waals surface area contributed by atoms with Gasteiger partial charge in [0.2, 0.25) is 10.3 Å². The van der Waals surface area contributed by atoms with Crippen molar-refractivity contribution in [3.05, 3.63) is 24.4 Å². The van der Waals surface area contributed by atoms with Gasteiger partial charge in [-0.05, 0) is 24.8 Å². The summed E-state index contributed by atoms with van der Waals surface area (Å²) >= 11 is 2.63. The van der Waals surface area contributed by atoms with Crippen molar-refractivity contribution < 1.29 is 4.79 Å². The Morgan fingerprint density at radius 1 is 1.50 bits per heavy atom. The van der Waals surface area contributed by atoms with Crippen molar-refractivity contribution in [2.24, 2.45) is 0 Å². The zero-order chi connectivity index (χ0) is 15.4. The van der Waals surface area contributed by atoms with Gasteiger partial charge in [-0.15, -0.1) is 0 Å². The number of pyridine rings is 1. The third-order valence-corrected chi connectivity index (χ3v) is 4.60. The Morgan fingerprint density at radius 2 is 2.41 bits per heavy atom. The molecule has 2 N–H and O–H groups in total. The van der Waals surface area contributed by atoms with E-state index >= 15 is 0 Å². The van der Waals surface area contributed by atoms with Crippen molar-refractivity contribution in [1.29, 1.82) is 0 Å². The Kier molecular flexibility index (Phi) is 4.74. The van der Waals surface area contributed by atoms with Crippen LogP contribution < -0.4 is 15.5 Å². The van der Waals surface area contributed by atoms with Crippen LogP contribution in [0.25, 0.3) is 0 Å². The summed E-state index contributed by atoms with van der Waals surface area (Å²) in [5.41, 5.74) is 0. The maximum atomic E-state index is 12.0. The van der Waals surface area contributed by atoms with Crippen LogP contribution in [0.1, 0.15) is 6.42 Å². The minimum Gasteiger partial charge on any atom is -0.354 e. The number of nitrogens with zero attached hydrogens (tertiary/aromatic N) is 4. The number of nitrogens with one attached hydrogen (secondary N) is 2. The quantitative estimate of drug-likeness (QED) is 0.832. The molecule has 0 aliphatic carbocycles. The average molecular weight is 336 g/mol. The lowest BCUT2D eigenvalue weighted by molar-refractivity contribution is 0.249. The molecule has 1 aliphatic rings. The molecule has 1 fully saturated rings. The van der Waals surface area contributed by atoms with Crippen LogP contribution in [0.4, 0.5) is 15.7 Å². The number of carbonyl (C=O) groups is 1. The molecule has 9 heteroatoms. The highest BCUT2D eigenvalue weighted by molar-refractivity contribution is 7.98. The van der Waals surface area contributed by atoms with E-state index in [0.717, 1.165) is 25.3 Å². The van der Waals surface area contributed by atoms with Crippen molar-refractivity contribution >= 4 is 40.3 Å². The molecule has 0 radical (unpaired) electrons. The third kappa shape index (κ3) is 3.66.